The average Bonchev–Trinajstić information content (AvgIpc) is 3.00. The van der Waals surface area contributed by atoms with Crippen molar-refractivity contribution in [2.45, 2.75) is 24.9 Å². The Labute approximate surface area is 117 Å². The number of hydrogen-bond acceptors (Lipinski definition) is 4. The first kappa shape index (κ1) is 13.1. The zero-order chi connectivity index (χ0) is 14.1. The maximum atomic E-state index is 12.5. The summed E-state index contributed by atoms with van der Waals surface area (Å²) in [4.78, 5) is 31.8. The van der Waals surface area contributed by atoms with Crippen molar-refractivity contribution in [3.63, 3.8) is 0 Å². The second-order valence-electron chi connectivity index (χ2n) is 5.17. The molecular formula is C14H17N3O3. The maximum Gasteiger partial charge on any atom is 0.254 e. The van der Waals surface area contributed by atoms with E-state index in [0.717, 1.165) is 6.42 Å². The van der Waals surface area contributed by atoms with Crippen LogP contribution in [0.2, 0.25) is 0 Å². The Balaban J connectivity index is 1.78. The summed E-state index contributed by atoms with van der Waals surface area (Å²) in [5, 5.41) is 9.04. The second-order valence-corrected chi connectivity index (χ2v) is 5.17. The Kier molecular flexibility index (Phi) is 3.40. The van der Waals surface area contributed by atoms with E-state index in [2.05, 4.69) is 4.98 Å². The van der Waals surface area contributed by atoms with Crippen LogP contribution in [0.1, 0.15) is 23.2 Å². The highest BCUT2D eigenvalue weighted by molar-refractivity contribution is 5.95. The van der Waals surface area contributed by atoms with Crippen LogP contribution in [0.4, 0.5) is 0 Å². The molecule has 0 radical (unpaired) electrons. The van der Waals surface area contributed by atoms with E-state index in [1.54, 1.807) is 34.3 Å². The van der Waals surface area contributed by atoms with Crippen LogP contribution in [0, 0.1) is 0 Å². The number of aliphatic hydroxyl groups excluding tert-OH is 1. The fourth-order valence-corrected chi connectivity index (χ4v) is 3.24. The molecule has 2 aliphatic rings. The van der Waals surface area contributed by atoms with Crippen molar-refractivity contribution in [2.24, 2.45) is 0 Å². The number of β-amino-alcohol motifs (C(OH)–C–C–N with tert-alkyl or cyclic N) is 1. The standard InChI is InChI=1S/C14H17N3O3/c18-8-7-16-11-3-6-17(12(11)9-13(16)19)14(20)10-1-4-15-5-2-10/h1-2,4-5,11-12,18H,3,6-9H2. The molecule has 20 heavy (non-hydrogen) atoms. The zero-order valence-corrected chi connectivity index (χ0v) is 11.1. The Hall–Kier alpha value is -1.95. The van der Waals surface area contributed by atoms with Gasteiger partial charge in [0.2, 0.25) is 5.91 Å². The normalized spacial score (nSPS) is 25.1. The topological polar surface area (TPSA) is 73.7 Å². The minimum Gasteiger partial charge on any atom is -0.395 e. The van der Waals surface area contributed by atoms with Gasteiger partial charge in [-0.1, -0.05) is 0 Å². The quantitative estimate of drug-likeness (QED) is 0.835. The molecule has 2 atom stereocenters. The molecule has 2 saturated heterocycles. The van der Waals surface area contributed by atoms with Gasteiger partial charge in [0.1, 0.15) is 0 Å². The maximum absolute atomic E-state index is 12.5. The van der Waals surface area contributed by atoms with Gasteiger partial charge in [-0.3, -0.25) is 14.6 Å². The molecule has 2 fully saturated rings. The van der Waals surface area contributed by atoms with Crippen molar-refractivity contribution >= 4 is 11.8 Å². The van der Waals surface area contributed by atoms with Crippen LogP contribution < -0.4 is 0 Å². The SMILES string of the molecule is O=C1CC2C(CCN2C(=O)c2ccncc2)N1CCO. The predicted octanol–water partition coefficient (Wildman–Crippen LogP) is -0.111. The lowest BCUT2D eigenvalue weighted by Gasteiger charge is -2.25. The van der Waals surface area contributed by atoms with Crippen LogP contribution in [-0.4, -0.2) is 63.5 Å². The highest BCUT2D eigenvalue weighted by Gasteiger charge is 2.47. The fourth-order valence-electron chi connectivity index (χ4n) is 3.24. The van der Waals surface area contributed by atoms with Crippen LogP contribution in [-0.2, 0) is 4.79 Å². The van der Waals surface area contributed by atoms with E-state index in [-0.39, 0.29) is 30.5 Å². The number of aromatic nitrogens is 1. The van der Waals surface area contributed by atoms with Crippen molar-refractivity contribution < 1.29 is 14.7 Å². The van der Waals surface area contributed by atoms with E-state index in [1.165, 1.54) is 0 Å². The third kappa shape index (κ3) is 2.06. The Morgan fingerprint density at radius 1 is 1.35 bits per heavy atom. The smallest absolute Gasteiger partial charge is 0.254 e. The number of amides is 2. The van der Waals surface area contributed by atoms with E-state index >= 15 is 0 Å². The van der Waals surface area contributed by atoms with Crippen molar-refractivity contribution in [1.82, 2.24) is 14.8 Å². The van der Waals surface area contributed by atoms with Gasteiger partial charge in [0.25, 0.3) is 5.91 Å². The number of pyridine rings is 1. The summed E-state index contributed by atoms with van der Waals surface area (Å²) in [5.74, 6) is -0.0140. The van der Waals surface area contributed by atoms with E-state index in [9.17, 15) is 9.59 Å². The van der Waals surface area contributed by atoms with Gasteiger partial charge < -0.3 is 14.9 Å². The van der Waals surface area contributed by atoms with Crippen LogP contribution >= 0.6 is 0 Å². The van der Waals surface area contributed by atoms with E-state index in [1.807, 2.05) is 0 Å². The van der Waals surface area contributed by atoms with Gasteiger partial charge in [0.15, 0.2) is 0 Å². The number of hydrogen-bond donors (Lipinski definition) is 1. The first-order valence-corrected chi connectivity index (χ1v) is 6.83. The molecular weight excluding hydrogens is 258 g/mol. The van der Waals surface area contributed by atoms with Crippen LogP contribution in [0.3, 0.4) is 0 Å². The highest BCUT2D eigenvalue weighted by Crippen LogP contribution is 2.33. The highest BCUT2D eigenvalue weighted by atomic mass is 16.3. The van der Waals surface area contributed by atoms with Gasteiger partial charge >= 0.3 is 0 Å². The fraction of sp³-hybridized carbons (Fsp3) is 0.500. The summed E-state index contributed by atoms with van der Waals surface area (Å²) in [7, 11) is 0. The number of fused-ring (bicyclic) bond motifs is 1. The van der Waals surface area contributed by atoms with E-state index < -0.39 is 0 Å². The Morgan fingerprint density at radius 2 is 2.10 bits per heavy atom. The molecule has 0 aromatic carbocycles. The Bertz CT molecular complexity index is 520. The largest absolute Gasteiger partial charge is 0.395 e. The Morgan fingerprint density at radius 3 is 2.80 bits per heavy atom. The molecule has 3 heterocycles. The summed E-state index contributed by atoms with van der Waals surface area (Å²) < 4.78 is 0. The predicted molar refractivity (Wildman–Crippen MR) is 70.9 cm³/mol. The molecule has 1 N–H and O–H groups in total. The van der Waals surface area contributed by atoms with Gasteiger partial charge in [0, 0.05) is 37.5 Å². The monoisotopic (exact) mass is 275 g/mol. The van der Waals surface area contributed by atoms with Crippen molar-refractivity contribution in [1.29, 1.82) is 0 Å². The van der Waals surface area contributed by atoms with E-state index in [4.69, 9.17) is 5.11 Å². The zero-order valence-electron chi connectivity index (χ0n) is 11.1. The summed E-state index contributed by atoms with van der Waals surface area (Å²) in [6, 6.07) is 3.38. The van der Waals surface area contributed by atoms with Crippen LogP contribution in [0.25, 0.3) is 0 Å². The summed E-state index contributed by atoms with van der Waals surface area (Å²) in [6.45, 7) is 0.982. The van der Waals surface area contributed by atoms with Crippen LogP contribution in [0.5, 0.6) is 0 Å². The van der Waals surface area contributed by atoms with Gasteiger partial charge in [-0.15, -0.1) is 0 Å². The molecule has 2 aliphatic heterocycles. The summed E-state index contributed by atoms with van der Waals surface area (Å²) in [6.07, 6.45) is 4.34. The van der Waals surface area contributed by atoms with Gasteiger partial charge in [-0.05, 0) is 18.6 Å². The number of aliphatic hydroxyl groups is 1. The number of carbonyl (C=O) groups is 2. The van der Waals surface area contributed by atoms with E-state index in [0.29, 0.717) is 25.1 Å². The molecule has 2 unspecified atom stereocenters. The molecule has 0 aliphatic carbocycles. The number of nitrogens with zero attached hydrogens (tertiary/aromatic N) is 3. The van der Waals surface area contributed by atoms with Gasteiger partial charge in [0.05, 0.1) is 18.7 Å². The molecule has 1 aromatic rings. The summed E-state index contributed by atoms with van der Waals surface area (Å²) >= 11 is 0. The minimum atomic E-state index is -0.0604. The number of carbonyl (C=O) groups excluding carboxylic acids is 2. The number of likely N-dealkylation sites (tertiary alicyclic amines) is 2. The second kappa shape index (κ2) is 5.20. The molecule has 0 bridgehead atoms. The van der Waals surface area contributed by atoms with Crippen molar-refractivity contribution in [3.8, 4) is 0 Å². The van der Waals surface area contributed by atoms with Gasteiger partial charge in [-0.25, -0.2) is 0 Å². The molecule has 0 saturated carbocycles. The lowest BCUT2D eigenvalue weighted by atomic mass is 10.1. The van der Waals surface area contributed by atoms with Crippen molar-refractivity contribution in [3.05, 3.63) is 30.1 Å². The number of rotatable bonds is 3. The van der Waals surface area contributed by atoms with Crippen molar-refractivity contribution in [2.75, 3.05) is 19.7 Å². The minimum absolute atomic E-state index is 0.0290. The third-order valence-electron chi connectivity index (χ3n) is 4.14. The van der Waals surface area contributed by atoms with Crippen LogP contribution in [0.15, 0.2) is 24.5 Å². The van der Waals surface area contributed by atoms with Gasteiger partial charge in [-0.2, -0.15) is 0 Å². The average molecular weight is 275 g/mol. The summed E-state index contributed by atoms with van der Waals surface area (Å²) in [5.41, 5.74) is 0.605. The third-order valence-corrected chi connectivity index (χ3v) is 4.14. The lowest BCUT2D eigenvalue weighted by Crippen LogP contribution is -2.40. The molecule has 0 spiro atoms. The molecule has 1 aromatic heterocycles. The molecule has 3 rings (SSSR count). The molecule has 6 heteroatoms. The lowest BCUT2D eigenvalue weighted by molar-refractivity contribution is -0.129. The first-order chi connectivity index (χ1) is 9.72. The molecule has 2 amide bonds. The first-order valence-electron chi connectivity index (χ1n) is 6.83. The molecule has 6 nitrogen and oxygen atoms in total. The molecule has 106 valence electrons.